The predicted octanol–water partition coefficient (Wildman–Crippen LogP) is 3.40. The van der Waals surface area contributed by atoms with Gasteiger partial charge in [-0.25, -0.2) is 4.98 Å². The number of nitrogens with one attached hydrogen (secondary N) is 2. The van der Waals surface area contributed by atoms with Gasteiger partial charge in [0.1, 0.15) is 5.82 Å². The van der Waals surface area contributed by atoms with Crippen LogP contribution in [-0.4, -0.2) is 34.6 Å². The lowest BCUT2D eigenvalue weighted by Gasteiger charge is -2.15. The SMILES string of the molecule is OCCNc1nc(Nc2ccccc2OC(F)(F)F)cc(C2CC2)n1. The van der Waals surface area contributed by atoms with E-state index in [1.54, 1.807) is 12.1 Å². The van der Waals surface area contributed by atoms with Gasteiger partial charge in [0.15, 0.2) is 5.75 Å². The predicted molar refractivity (Wildman–Crippen MR) is 86.0 cm³/mol. The fourth-order valence-electron chi connectivity index (χ4n) is 2.29. The number of para-hydroxylation sites is 2. The van der Waals surface area contributed by atoms with Gasteiger partial charge in [0.05, 0.1) is 18.0 Å². The first kappa shape index (κ1) is 17.3. The third kappa shape index (κ3) is 4.96. The molecule has 0 amide bonds. The second-order valence-electron chi connectivity index (χ2n) is 5.60. The van der Waals surface area contributed by atoms with Crippen LogP contribution in [0.2, 0.25) is 0 Å². The van der Waals surface area contributed by atoms with Crippen molar-refractivity contribution in [1.29, 1.82) is 0 Å². The first-order valence-electron chi connectivity index (χ1n) is 7.80. The van der Waals surface area contributed by atoms with Crippen LogP contribution in [0.5, 0.6) is 5.75 Å². The summed E-state index contributed by atoms with van der Waals surface area (Å²) in [7, 11) is 0. The zero-order valence-electron chi connectivity index (χ0n) is 13.2. The van der Waals surface area contributed by atoms with Crippen molar-refractivity contribution in [3.63, 3.8) is 0 Å². The summed E-state index contributed by atoms with van der Waals surface area (Å²) in [5.41, 5.74) is 0.959. The molecule has 3 N–H and O–H groups in total. The molecule has 1 aromatic carbocycles. The number of alkyl halides is 3. The molecule has 6 nitrogen and oxygen atoms in total. The van der Waals surface area contributed by atoms with E-state index in [1.165, 1.54) is 18.2 Å². The summed E-state index contributed by atoms with van der Waals surface area (Å²) >= 11 is 0. The molecule has 0 aliphatic heterocycles. The summed E-state index contributed by atoms with van der Waals surface area (Å²) in [5.74, 6) is 0.664. The molecule has 1 aliphatic carbocycles. The van der Waals surface area contributed by atoms with Crippen LogP contribution in [0.4, 0.5) is 30.6 Å². The van der Waals surface area contributed by atoms with Gasteiger partial charge < -0.3 is 20.5 Å². The maximum absolute atomic E-state index is 12.5. The van der Waals surface area contributed by atoms with E-state index in [4.69, 9.17) is 5.11 Å². The number of aliphatic hydroxyl groups excluding tert-OH is 1. The maximum atomic E-state index is 12.5. The van der Waals surface area contributed by atoms with Crippen molar-refractivity contribution < 1.29 is 23.0 Å². The lowest BCUT2D eigenvalue weighted by molar-refractivity contribution is -0.274. The summed E-state index contributed by atoms with van der Waals surface area (Å²) in [6.45, 7) is 0.198. The van der Waals surface area contributed by atoms with Gasteiger partial charge in [-0.15, -0.1) is 13.2 Å². The van der Waals surface area contributed by atoms with E-state index >= 15 is 0 Å². The Balaban J connectivity index is 1.86. The van der Waals surface area contributed by atoms with Gasteiger partial charge in [-0.3, -0.25) is 0 Å². The van der Waals surface area contributed by atoms with Crippen LogP contribution >= 0.6 is 0 Å². The minimum atomic E-state index is -4.78. The molecule has 1 fully saturated rings. The lowest BCUT2D eigenvalue weighted by Crippen LogP contribution is -2.18. The van der Waals surface area contributed by atoms with E-state index in [9.17, 15) is 13.2 Å². The number of hydrogen-bond donors (Lipinski definition) is 3. The van der Waals surface area contributed by atoms with Gasteiger partial charge in [-0.2, -0.15) is 4.98 Å². The molecule has 9 heteroatoms. The number of nitrogens with zero attached hydrogens (tertiary/aromatic N) is 2. The molecule has 0 saturated heterocycles. The van der Waals surface area contributed by atoms with Crippen molar-refractivity contribution >= 4 is 17.5 Å². The highest BCUT2D eigenvalue weighted by atomic mass is 19.4. The Hall–Kier alpha value is -2.55. The Morgan fingerprint density at radius 1 is 1.20 bits per heavy atom. The molecule has 0 atom stereocenters. The molecule has 134 valence electrons. The van der Waals surface area contributed by atoms with Gasteiger partial charge in [-0.05, 0) is 25.0 Å². The average molecular weight is 354 g/mol. The van der Waals surface area contributed by atoms with Gasteiger partial charge in [0, 0.05) is 18.5 Å². The third-order valence-corrected chi connectivity index (χ3v) is 3.51. The molecule has 25 heavy (non-hydrogen) atoms. The van der Waals surface area contributed by atoms with Gasteiger partial charge in [0.25, 0.3) is 0 Å². The van der Waals surface area contributed by atoms with E-state index in [0.29, 0.717) is 17.7 Å². The number of rotatable bonds is 7. The number of ether oxygens (including phenoxy) is 1. The Kier molecular flexibility index (Phi) is 4.93. The van der Waals surface area contributed by atoms with Crippen LogP contribution in [-0.2, 0) is 0 Å². The summed E-state index contributed by atoms with van der Waals surface area (Å²) in [6.07, 6.45) is -2.75. The minimum absolute atomic E-state index is 0.0813. The Labute approximate surface area is 142 Å². The second-order valence-corrected chi connectivity index (χ2v) is 5.60. The zero-order chi connectivity index (χ0) is 17.9. The van der Waals surface area contributed by atoms with Gasteiger partial charge in [0.2, 0.25) is 5.95 Å². The first-order valence-corrected chi connectivity index (χ1v) is 7.80. The Bertz CT molecular complexity index is 736. The number of benzene rings is 1. The topological polar surface area (TPSA) is 79.3 Å². The molecule has 1 aliphatic rings. The fourth-order valence-corrected chi connectivity index (χ4v) is 2.29. The minimum Gasteiger partial charge on any atom is -0.404 e. The Morgan fingerprint density at radius 3 is 2.64 bits per heavy atom. The highest BCUT2D eigenvalue weighted by molar-refractivity contribution is 5.65. The van der Waals surface area contributed by atoms with Crippen LogP contribution in [0.3, 0.4) is 0 Å². The fraction of sp³-hybridized carbons (Fsp3) is 0.375. The van der Waals surface area contributed by atoms with Crippen LogP contribution in [0.1, 0.15) is 24.5 Å². The molecular weight excluding hydrogens is 337 g/mol. The number of aliphatic hydroxyl groups is 1. The lowest BCUT2D eigenvalue weighted by atomic mass is 10.2. The van der Waals surface area contributed by atoms with E-state index in [-0.39, 0.29) is 24.6 Å². The number of aromatic nitrogens is 2. The quantitative estimate of drug-likeness (QED) is 0.707. The van der Waals surface area contributed by atoms with Crippen LogP contribution in [0, 0.1) is 0 Å². The van der Waals surface area contributed by atoms with E-state index in [0.717, 1.165) is 18.5 Å². The van der Waals surface area contributed by atoms with Crippen molar-refractivity contribution in [3.8, 4) is 5.75 Å². The molecule has 0 bridgehead atoms. The van der Waals surface area contributed by atoms with Crippen LogP contribution in [0.15, 0.2) is 30.3 Å². The largest absolute Gasteiger partial charge is 0.573 e. The maximum Gasteiger partial charge on any atom is 0.573 e. The summed E-state index contributed by atoms with van der Waals surface area (Å²) < 4.78 is 41.6. The molecule has 0 radical (unpaired) electrons. The molecule has 3 rings (SSSR count). The van der Waals surface area contributed by atoms with E-state index in [1.807, 2.05) is 0 Å². The van der Waals surface area contributed by atoms with Crippen molar-refractivity contribution in [1.82, 2.24) is 9.97 Å². The number of anilines is 3. The van der Waals surface area contributed by atoms with Gasteiger partial charge in [-0.1, -0.05) is 12.1 Å². The van der Waals surface area contributed by atoms with Crippen LogP contribution < -0.4 is 15.4 Å². The van der Waals surface area contributed by atoms with E-state index in [2.05, 4.69) is 25.3 Å². The molecule has 1 aromatic heterocycles. The molecule has 0 spiro atoms. The van der Waals surface area contributed by atoms with Crippen molar-refractivity contribution in [2.45, 2.75) is 25.1 Å². The average Bonchev–Trinajstić information content (AvgIpc) is 3.38. The molecule has 0 unspecified atom stereocenters. The first-order chi connectivity index (χ1) is 11.9. The summed E-state index contributed by atoms with van der Waals surface area (Å²) in [4.78, 5) is 8.60. The second kappa shape index (κ2) is 7.14. The Morgan fingerprint density at radius 2 is 1.96 bits per heavy atom. The summed E-state index contributed by atoms with van der Waals surface area (Å²) in [6, 6.07) is 7.46. The van der Waals surface area contributed by atoms with Crippen molar-refractivity contribution in [2.24, 2.45) is 0 Å². The number of hydrogen-bond acceptors (Lipinski definition) is 6. The normalized spacial score (nSPS) is 14.2. The smallest absolute Gasteiger partial charge is 0.404 e. The zero-order valence-corrected chi connectivity index (χ0v) is 13.2. The summed E-state index contributed by atoms with van der Waals surface area (Å²) in [5, 5.41) is 14.6. The highest BCUT2D eigenvalue weighted by Gasteiger charge is 2.32. The monoisotopic (exact) mass is 354 g/mol. The van der Waals surface area contributed by atoms with Crippen molar-refractivity contribution in [2.75, 3.05) is 23.8 Å². The molecule has 1 heterocycles. The third-order valence-electron chi connectivity index (χ3n) is 3.51. The van der Waals surface area contributed by atoms with Gasteiger partial charge >= 0.3 is 6.36 Å². The van der Waals surface area contributed by atoms with Crippen molar-refractivity contribution in [3.05, 3.63) is 36.0 Å². The van der Waals surface area contributed by atoms with E-state index < -0.39 is 6.36 Å². The molecular formula is C16H17F3N4O2. The molecule has 2 aromatic rings. The highest BCUT2D eigenvalue weighted by Crippen LogP contribution is 2.40. The number of halogens is 3. The van der Waals surface area contributed by atoms with Crippen LogP contribution in [0.25, 0.3) is 0 Å². The molecule has 1 saturated carbocycles. The standard InChI is InChI=1S/C16H17F3N4O2/c17-16(18,19)25-13-4-2-1-3-11(13)21-14-9-12(10-5-6-10)22-15(23-14)20-7-8-24/h1-4,9-10,24H,5-8H2,(H2,20,21,22,23).